The molecule has 0 radical (unpaired) electrons. The second-order valence-corrected chi connectivity index (χ2v) is 6.29. The van der Waals surface area contributed by atoms with Gasteiger partial charge in [0.05, 0.1) is 16.9 Å². The fourth-order valence-electron chi connectivity index (χ4n) is 1.35. The largest absolute Gasteiger partial charge is 0.392 e. The molecule has 1 aromatic rings. The summed E-state index contributed by atoms with van der Waals surface area (Å²) in [5, 5.41) is 9.44. The monoisotopic (exact) mass is 266 g/mol. The molecule has 0 aliphatic carbocycles. The lowest BCUT2D eigenvalue weighted by Crippen LogP contribution is -2.22. The van der Waals surface area contributed by atoms with Gasteiger partial charge in [-0.1, -0.05) is 17.7 Å². The molecule has 1 atom stereocenters. The van der Waals surface area contributed by atoms with E-state index in [9.17, 15) is 17.9 Å². The van der Waals surface area contributed by atoms with Gasteiger partial charge in [0.25, 0.3) is 0 Å². The van der Waals surface area contributed by atoms with E-state index < -0.39 is 21.8 Å². The van der Waals surface area contributed by atoms with E-state index in [4.69, 9.17) is 11.6 Å². The van der Waals surface area contributed by atoms with E-state index in [0.717, 1.165) is 6.26 Å². The van der Waals surface area contributed by atoms with Gasteiger partial charge in [-0.25, -0.2) is 12.8 Å². The zero-order valence-corrected chi connectivity index (χ0v) is 10.2. The lowest BCUT2D eigenvalue weighted by Gasteiger charge is -2.09. The minimum absolute atomic E-state index is 0.0379. The van der Waals surface area contributed by atoms with Crippen LogP contribution in [-0.2, 0) is 16.3 Å². The first kappa shape index (κ1) is 13.4. The second-order valence-electron chi connectivity index (χ2n) is 3.70. The van der Waals surface area contributed by atoms with Crippen molar-refractivity contribution in [3.05, 3.63) is 34.6 Å². The molecule has 1 aromatic carbocycles. The molecule has 0 saturated heterocycles. The first-order valence-corrected chi connectivity index (χ1v) is 7.01. The van der Waals surface area contributed by atoms with Crippen LogP contribution in [0.25, 0.3) is 0 Å². The number of halogens is 2. The minimum Gasteiger partial charge on any atom is -0.392 e. The van der Waals surface area contributed by atoms with Gasteiger partial charge in [0, 0.05) is 6.26 Å². The van der Waals surface area contributed by atoms with E-state index in [0.29, 0.717) is 5.56 Å². The summed E-state index contributed by atoms with van der Waals surface area (Å²) in [6.07, 6.45) is 0.178. The maximum absolute atomic E-state index is 12.8. The van der Waals surface area contributed by atoms with Gasteiger partial charge in [-0.2, -0.15) is 0 Å². The molecule has 0 spiro atoms. The molecule has 0 saturated carbocycles. The van der Waals surface area contributed by atoms with Crippen LogP contribution in [0.4, 0.5) is 4.39 Å². The second kappa shape index (κ2) is 5.12. The van der Waals surface area contributed by atoms with Crippen LogP contribution in [0.15, 0.2) is 18.2 Å². The molecule has 0 aliphatic rings. The lowest BCUT2D eigenvalue weighted by molar-refractivity contribution is 0.198. The van der Waals surface area contributed by atoms with Crippen molar-refractivity contribution < 1.29 is 17.9 Å². The number of hydrogen-bond acceptors (Lipinski definition) is 3. The zero-order valence-electron chi connectivity index (χ0n) is 8.65. The van der Waals surface area contributed by atoms with Crippen LogP contribution in [0.2, 0.25) is 5.02 Å². The Kier molecular flexibility index (Phi) is 4.29. The maximum Gasteiger partial charge on any atom is 0.150 e. The highest BCUT2D eigenvalue weighted by molar-refractivity contribution is 7.90. The van der Waals surface area contributed by atoms with Crippen molar-refractivity contribution in [3.63, 3.8) is 0 Å². The summed E-state index contributed by atoms with van der Waals surface area (Å²) in [4.78, 5) is 0. The number of aliphatic hydroxyl groups excluding tert-OH is 1. The van der Waals surface area contributed by atoms with Crippen LogP contribution in [0.3, 0.4) is 0 Å². The summed E-state index contributed by atoms with van der Waals surface area (Å²) in [6, 6.07) is 4.03. The third-order valence-corrected chi connectivity index (χ3v) is 3.23. The van der Waals surface area contributed by atoms with Gasteiger partial charge in [-0.05, 0) is 24.1 Å². The Bertz CT molecular complexity index is 473. The van der Waals surface area contributed by atoms with Crippen molar-refractivity contribution in [2.75, 3.05) is 12.0 Å². The van der Waals surface area contributed by atoms with E-state index in [1.54, 1.807) is 0 Å². The molecule has 16 heavy (non-hydrogen) atoms. The van der Waals surface area contributed by atoms with Crippen LogP contribution >= 0.6 is 11.6 Å². The van der Waals surface area contributed by atoms with Gasteiger partial charge in [0.2, 0.25) is 0 Å². The molecule has 0 amide bonds. The molecule has 0 aromatic heterocycles. The zero-order chi connectivity index (χ0) is 12.3. The molecule has 90 valence electrons. The maximum atomic E-state index is 12.8. The molecule has 0 fully saturated rings. The van der Waals surface area contributed by atoms with E-state index in [1.165, 1.54) is 18.2 Å². The molecular weight excluding hydrogens is 255 g/mol. The SMILES string of the molecule is CS(=O)(=O)CC(O)Cc1ccc(F)c(Cl)c1. The van der Waals surface area contributed by atoms with Gasteiger partial charge in [0.1, 0.15) is 15.7 Å². The third kappa shape index (κ3) is 4.47. The highest BCUT2D eigenvalue weighted by Crippen LogP contribution is 2.17. The summed E-state index contributed by atoms with van der Waals surface area (Å²) < 4.78 is 34.6. The third-order valence-electron chi connectivity index (χ3n) is 1.95. The highest BCUT2D eigenvalue weighted by atomic mass is 35.5. The Morgan fingerprint density at radius 1 is 1.50 bits per heavy atom. The molecule has 0 heterocycles. The summed E-state index contributed by atoms with van der Waals surface area (Å²) in [6.45, 7) is 0. The average molecular weight is 267 g/mol. The van der Waals surface area contributed by atoms with Crippen LogP contribution in [-0.4, -0.2) is 31.6 Å². The summed E-state index contributed by atoms with van der Waals surface area (Å²) in [5.74, 6) is -0.856. The minimum atomic E-state index is -3.22. The Morgan fingerprint density at radius 2 is 2.12 bits per heavy atom. The number of sulfone groups is 1. The van der Waals surface area contributed by atoms with Gasteiger partial charge in [0.15, 0.2) is 0 Å². The lowest BCUT2D eigenvalue weighted by atomic mass is 10.1. The molecular formula is C10H12ClFO3S. The van der Waals surface area contributed by atoms with Crippen molar-refractivity contribution in [2.24, 2.45) is 0 Å². The molecule has 6 heteroatoms. The van der Waals surface area contributed by atoms with Gasteiger partial charge in [-0.15, -0.1) is 0 Å². The highest BCUT2D eigenvalue weighted by Gasteiger charge is 2.13. The summed E-state index contributed by atoms with van der Waals surface area (Å²) >= 11 is 5.56. The van der Waals surface area contributed by atoms with Gasteiger partial charge >= 0.3 is 0 Å². The molecule has 1 N–H and O–H groups in total. The number of rotatable bonds is 4. The molecule has 0 bridgehead atoms. The quantitative estimate of drug-likeness (QED) is 0.897. The van der Waals surface area contributed by atoms with E-state index >= 15 is 0 Å². The Hall–Kier alpha value is -0.650. The summed E-state index contributed by atoms with van der Waals surface area (Å²) in [7, 11) is -3.22. The summed E-state index contributed by atoms with van der Waals surface area (Å²) in [5.41, 5.74) is 0.600. The molecule has 1 rings (SSSR count). The van der Waals surface area contributed by atoms with Crippen molar-refractivity contribution >= 4 is 21.4 Å². The van der Waals surface area contributed by atoms with Crippen LogP contribution in [0.5, 0.6) is 0 Å². The first-order chi connectivity index (χ1) is 7.28. The predicted molar refractivity (Wildman–Crippen MR) is 60.8 cm³/mol. The topological polar surface area (TPSA) is 54.4 Å². The van der Waals surface area contributed by atoms with Crippen LogP contribution < -0.4 is 0 Å². The van der Waals surface area contributed by atoms with Crippen molar-refractivity contribution in [1.82, 2.24) is 0 Å². The Labute approximate surface area is 98.8 Å². The normalized spacial score (nSPS) is 13.8. The van der Waals surface area contributed by atoms with Crippen LogP contribution in [0.1, 0.15) is 5.56 Å². The molecule has 0 aliphatic heterocycles. The van der Waals surface area contributed by atoms with Crippen molar-refractivity contribution in [3.8, 4) is 0 Å². The molecule has 1 unspecified atom stereocenters. The van der Waals surface area contributed by atoms with E-state index in [2.05, 4.69) is 0 Å². The van der Waals surface area contributed by atoms with Crippen molar-refractivity contribution in [1.29, 1.82) is 0 Å². The van der Waals surface area contributed by atoms with Crippen LogP contribution in [0, 0.1) is 5.82 Å². The van der Waals surface area contributed by atoms with Gasteiger partial charge < -0.3 is 5.11 Å². The molecule has 3 nitrogen and oxygen atoms in total. The first-order valence-electron chi connectivity index (χ1n) is 4.57. The number of aliphatic hydroxyl groups is 1. The fourth-order valence-corrected chi connectivity index (χ4v) is 2.37. The van der Waals surface area contributed by atoms with Gasteiger partial charge in [-0.3, -0.25) is 0 Å². The number of benzene rings is 1. The number of hydrogen-bond donors (Lipinski definition) is 1. The average Bonchev–Trinajstić information content (AvgIpc) is 2.08. The standard InChI is InChI=1S/C10H12ClFO3S/c1-16(14,15)6-8(13)4-7-2-3-10(12)9(11)5-7/h2-3,5,8,13H,4,6H2,1H3. The predicted octanol–water partition coefficient (Wildman–Crippen LogP) is 1.43. The Morgan fingerprint density at radius 3 is 2.62 bits per heavy atom. The Balaban J connectivity index is 2.70. The smallest absolute Gasteiger partial charge is 0.150 e. The van der Waals surface area contributed by atoms with Crippen molar-refractivity contribution in [2.45, 2.75) is 12.5 Å². The fraction of sp³-hybridized carbons (Fsp3) is 0.400. The van der Waals surface area contributed by atoms with E-state index in [-0.39, 0.29) is 17.2 Å². The van der Waals surface area contributed by atoms with E-state index in [1.807, 2.05) is 0 Å².